The zero-order chi connectivity index (χ0) is 7.40. The molecule has 0 saturated carbocycles. The maximum atomic E-state index is 10.9. The van der Waals surface area contributed by atoms with Gasteiger partial charge in [0.1, 0.15) is 6.26 Å². The minimum atomic E-state index is -0.222. The van der Waals surface area contributed by atoms with Gasteiger partial charge in [-0.2, -0.15) is 0 Å². The number of carbonyl (C=O) groups is 1. The first-order chi connectivity index (χ1) is 4.84. The smallest absolute Gasteiger partial charge is 0.289 e. The molecule has 0 unspecified atom stereocenters. The van der Waals surface area contributed by atoms with Gasteiger partial charge in [-0.1, -0.05) is 0 Å². The minimum absolute atomic E-state index is 0.145. The van der Waals surface area contributed by atoms with Crippen molar-refractivity contribution in [2.24, 2.45) is 0 Å². The van der Waals surface area contributed by atoms with E-state index in [1.54, 1.807) is 0 Å². The predicted octanol–water partition coefficient (Wildman–Crippen LogP) is -0.0318. The van der Waals surface area contributed by atoms with Gasteiger partial charge < -0.3 is 14.8 Å². The highest BCUT2D eigenvalue weighted by Crippen LogP contribution is 2.05. The van der Waals surface area contributed by atoms with Gasteiger partial charge in [0.25, 0.3) is 5.91 Å². The first-order valence-electron chi connectivity index (χ1n) is 3.07. The molecule has 1 aliphatic rings. The molecule has 0 aromatic carbocycles. The summed E-state index contributed by atoms with van der Waals surface area (Å²) in [5.74, 6) is 0.0295. The number of carbonyl (C=O) groups excluding carboxylic acids is 1. The molecule has 1 amide bonds. The van der Waals surface area contributed by atoms with Crippen molar-refractivity contribution in [3.8, 4) is 0 Å². The lowest BCUT2D eigenvalue weighted by molar-refractivity contribution is -0.120. The van der Waals surface area contributed by atoms with E-state index < -0.39 is 0 Å². The Morgan fingerprint density at radius 3 is 3.20 bits per heavy atom. The van der Waals surface area contributed by atoms with Crippen molar-refractivity contribution in [2.45, 2.75) is 6.92 Å². The van der Waals surface area contributed by atoms with Crippen molar-refractivity contribution in [3.05, 3.63) is 12.0 Å². The summed E-state index contributed by atoms with van der Waals surface area (Å²) in [7, 11) is 0. The standard InChI is InChI=1S/C6H9NO3/c1-2-7-6(8)5-3-9-4-10-5/h3H,2,4H2,1H3,(H,7,8). The highest BCUT2D eigenvalue weighted by molar-refractivity contribution is 5.91. The van der Waals surface area contributed by atoms with E-state index in [0.29, 0.717) is 6.54 Å². The Labute approximate surface area is 58.8 Å². The lowest BCUT2D eigenvalue weighted by atomic mass is 10.5. The summed E-state index contributed by atoms with van der Waals surface area (Å²) in [5.41, 5.74) is 0. The van der Waals surface area contributed by atoms with Crippen LogP contribution in [0.1, 0.15) is 6.92 Å². The topological polar surface area (TPSA) is 47.6 Å². The van der Waals surface area contributed by atoms with Crippen LogP contribution in [0.25, 0.3) is 0 Å². The molecule has 1 heterocycles. The molecule has 0 saturated heterocycles. The van der Waals surface area contributed by atoms with Crippen molar-refractivity contribution in [3.63, 3.8) is 0 Å². The monoisotopic (exact) mass is 143 g/mol. The van der Waals surface area contributed by atoms with E-state index >= 15 is 0 Å². The summed E-state index contributed by atoms with van der Waals surface area (Å²) in [6.45, 7) is 2.58. The predicted molar refractivity (Wildman–Crippen MR) is 33.8 cm³/mol. The summed E-state index contributed by atoms with van der Waals surface area (Å²) in [6.07, 6.45) is 1.31. The average Bonchev–Trinajstić information content (AvgIpc) is 2.38. The van der Waals surface area contributed by atoms with E-state index in [-0.39, 0.29) is 18.5 Å². The van der Waals surface area contributed by atoms with Gasteiger partial charge in [0.15, 0.2) is 0 Å². The quantitative estimate of drug-likeness (QED) is 0.590. The van der Waals surface area contributed by atoms with Crippen molar-refractivity contribution in [1.29, 1.82) is 0 Å². The second-order valence-electron chi connectivity index (χ2n) is 1.77. The van der Waals surface area contributed by atoms with Gasteiger partial charge in [0.2, 0.25) is 12.6 Å². The van der Waals surface area contributed by atoms with Gasteiger partial charge in [-0.3, -0.25) is 4.79 Å². The first kappa shape index (κ1) is 6.92. The molecular weight excluding hydrogens is 134 g/mol. The van der Waals surface area contributed by atoms with E-state index in [0.717, 1.165) is 0 Å². The SMILES string of the molecule is CCNC(=O)C1=COCO1. The molecule has 0 aromatic heterocycles. The van der Waals surface area contributed by atoms with Crippen LogP contribution in [0, 0.1) is 0 Å². The molecule has 0 fully saturated rings. The Bertz CT molecular complexity index is 164. The molecule has 4 nitrogen and oxygen atoms in total. The van der Waals surface area contributed by atoms with Gasteiger partial charge in [-0.05, 0) is 6.92 Å². The molecule has 4 heteroatoms. The summed E-state index contributed by atoms with van der Waals surface area (Å²) >= 11 is 0. The number of rotatable bonds is 2. The summed E-state index contributed by atoms with van der Waals surface area (Å²) in [6, 6.07) is 0. The molecule has 0 bridgehead atoms. The minimum Gasteiger partial charge on any atom is -0.461 e. The molecule has 0 radical (unpaired) electrons. The summed E-state index contributed by atoms with van der Waals surface area (Å²) in [5, 5.41) is 2.58. The van der Waals surface area contributed by atoms with Crippen molar-refractivity contribution in [2.75, 3.05) is 13.3 Å². The van der Waals surface area contributed by atoms with Crippen LogP contribution in [-0.2, 0) is 14.3 Å². The molecule has 0 aliphatic carbocycles. The van der Waals surface area contributed by atoms with Crippen LogP contribution in [-0.4, -0.2) is 19.2 Å². The van der Waals surface area contributed by atoms with Crippen molar-refractivity contribution in [1.82, 2.24) is 5.32 Å². The van der Waals surface area contributed by atoms with Crippen LogP contribution in [0.4, 0.5) is 0 Å². The number of hydrogen-bond donors (Lipinski definition) is 1. The van der Waals surface area contributed by atoms with E-state index in [1.807, 2.05) is 6.92 Å². The summed E-state index contributed by atoms with van der Waals surface area (Å²) in [4.78, 5) is 10.9. The molecule has 56 valence electrons. The van der Waals surface area contributed by atoms with E-state index in [2.05, 4.69) is 10.1 Å². The van der Waals surface area contributed by atoms with Crippen LogP contribution in [0.2, 0.25) is 0 Å². The Kier molecular flexibility index (Phi) is 2.15. The third-order valence-electron chi connectivity index (χ3n) is 1.03. The zero-order valence-electron chi connectivity index (χ0n) is 5.72. The van der Waals surface area contributed by atoms with Gasteiger partial charge in [0, 0.05) is 6.54 Å². The maximum absolute atomic E-state index is 10.9. The first-order valence-corrected chi connectivity index (χ1v) is 3.07. The third kappa shape index (κ3) is 1.40. The fraction of sp³-hybridized carbons (Fsp3) is 0.500. The van der Waals surface area contributed by atoms with Crippen molar-refractivity contribution >= 4 is 5.91 Å². The molecule has 0 aromatic rings. The number of amides is 1. The second kappa shape index (κ2) is 3.10. The van der Waals surface area contributed by atoms with Crippen LogP contribution < -0.4 is 5.32 Å². The van der Waals surface area contributed by atoms with Gasteiger partial charge in [-0.15, -0.1) is 0 Å². The van der Waals surface area contributed by atoms with Crippen LogP contribution in [0.3, 0.4) is 0 Å². The normalized spacial score (nSPS) is 15.1. The second-order valence-corrected chi connectivity index (χ2v) is 1.77. The van der Waals surface area contributed by atoms with Gasteiger partial charge in [-0.25, -0.2) is 0 Å². The number of ether oxygens (including phenoxy) is 2. The maximum Gasteiger partial charge on any atom is 0.289 e. The lowest BCUT2D eigenvalue weighted by Gasteiger charge is -1.99. The van der Waals surface area contributed by atoms with E-state index in [1.165, 1.54) is 6.26 Å². The molecule has 0 spiro atoms. The van der Waals surface area contributed by atoms with Gasteiger partial charge >= 0.3 is 0 Å². The van der Waals surface area contributed by atoms with Crippen LogP contribution in [0.5, 0.6) is 0 Å². The fourth-order valence-electron chi connectivity index (χ4n) is 0.608. The molecule has 1 N–H and O–H groups in total. The zero-order valence-corrected chi connectivity index (χ0v) is 5.72. The number of likely N-dealkylation sites (N-methyl/N-ethyl adjacent to an activating group) is 1. The Morgan fingerprint density at radius 1 is 1.90 bits per heavy atom. The molecular formula is C6H9NO3. The van der Waals surface area contributed by atoms with Gasteiger partial charge in [0.05, 0.1) is 0 Å². The molecule has 10 heavy (non-hydrogen) atoms. The highest BCUT2D eigenvalue weighted by Gasteiger charge is 2.14. The number of hydrogen-bond acceptors (Lipinski definition) is 3. The molecule has 0 atom stereocenters. The largest absolute Gasteiger partial charge is 0.461 e. The average molecular weight is 143 g/mol. The molecule has 1 aliphatic heterocycles. The highest BCUT2D eigenvalue weighted by atomic mass is 16.7. The fourth-order valence-corrected chi connectivity index (χ4v) is 0.608. The summed E-state index contributed by atoms with van der Waals surface area (Å²) < 4.78 is 9.47. The van der Waals surface area contributed by atoms with E-state index in [9.17, 15) is 4.79 Å². The number of nitrogens with one attached hydrogen (secondary N) is 1. The van der Waals surface area contributed by atoms with Crippen LogP contribution in [0.15, 0.2) is 12.0 Å². The Balaban J connectivity index is 2.40. The Hall–Kier alpha value is -1.19. The van der Waals surface area contributed by atoms with Crippen molar-refractivity contribution < 1.29 is 14.3 Å². The third-order valence-corrected chi connectivity index (χ3v) is 1.03. The van der Waals surface area contributed by atoms with E-state index in [4.69, 9.17) is 4.74 Å². The Morgan fingerprint density at radius 2 is 2.70 bits per heavy atom. The molecule has 1 rings (SSSR count). The van der Waals surface area contributed by atoms with Crippen LogP contribution >= 0.6 is 0 Å². The lowest BCUT2D eigenvalue weighted by Crippen LogP contribution is -2.24.